The first-order valence-electron chi connectivity index (χ1n) is 6.02. The van der Waals surface area contributed by atoms with Gasteiger partial charge in [-0.3, -0.25) is 0 Å². The maximum absolute atomic E-state index is 8.70. The Kier molecular flexibility index (Phi) is 6.38. The standard InChI is InChI=1S/C7H8ClNO.C7H10N2O/c2*1-5-2-6(4-10)3-7(8)9-5/h2-3,10H,4H2,1H3;2-3,10H,4H2,1H3,(H2,8,9). The number of nitrogens with zero attached hydrogens (tertiary/aromatic N) is 2. The molecule has 20 heavy (non-hydrogen) atoms. The van der Waals surface area contributed by atoms with Crippen molar-refractivity contribution < 1.29 is 10.2 Å². The molecule has 0 bridgehead atoms. The molecule has 0 aliphatic rings. The van der Waals surface area contributed by atoms with Crippen molar-refractivity contribution in [3.63, 3.8) is 0 Å². The first-order chi connectivity index (χ1) is 9.44. The number of rotatable bonds is 2. The lowest BCUT2D eigenvalue weighted by Crippen LogP contribution is -1.94. The van der Waals surface area contributed by atoms with Gasteiger partial charge in [-0.05, 0) is 49.2 Å². The molecular formula is C14H18ClN3O2. The number of hydrogen-bond acceptors (Lipinski definition) is 5. The van der Waals surface area contributed by atoms with E-state index in [9.17, 15) is 0 Å². The zero-order valence-electron chi connectivity index (χ0n) is 11.5. The molecule has 0 aromatic carbocycles. The number of nitrogen functional groups attached to an aromatic ring is 1. The molecule has 0 aliphatic heterocycles. The Balaban J connectivity index is 0.000000200. The van der Waals surface area contributed by atoms with Crippen molar-refractivity contribution in [2.75, 3.05) is 5.73 Å². The van der Waals surface area contributed by atoms with Crippen LogP contribution in [-0.4, -0.2) is 20.2 Å². The Morgan fingerprint density at radius 1 is 0.950 bits per heavy atom. The maximum Gasteiger partial charge on any atom is 0.129 e. The summed E-state index contributed by atoms with van der Waals surface area (Å²) in [5.74, 6) is 0.462. The zero-order valence-corrected chi connectivity index (χ0v) is 12.2. The summed E-state index contributed by atoms with van der Waals surface area (Å²) in [7, 11) is 0. The highest BCUT2D eigenvalue weighted by Gasteiger charge is 1.95. The number of anilines is 1. The maximum atomic E-state index is 8.70. The Morgan fingerprint density at radius 2 is 1.45 bits per heavy atom. The second-order valence-corrected chi connectivity index (χ2v) is 4.68. The molecular weight excluding hydrogens is 278 g/mol. The average molecular weight is 296 g/mol. The van der Waals surface area contributed by atoms with Gasteiger partial charge in [-0.1, -0.05) is 11.6 Å². The highest BCUT2D eigenvalue weighted by Crippen LogP contribution is 2.09. The van der Waals surface area contributed by atoms with Crippen LogP contribution in [0.5, 0.6) is 0 Å². The molecule has 0 saturated heterocycles. The van der Waals surface area contributed by atoms with Gasteiger partial charge in [0.1, 0.15) is 11.0 Å². The number of halogens is 1. The number of aliphatic hydroxyl groups is 2. The molecule has 0 aliphatic carbocycles. The van der Waals surface area contributed by atoms with Crippen LogP contribution in [0.3, 0.4) is 0 Å². The lowest BCUT2D eigenvalue weighted by molar-refractivity contribution is 0.281. The van der Waals surface area contributed by atoms with E-state index in [1.807, 2.05) is 13.8 Å². The van der Waals surface area contributed by atoms with Crippen molar-refractivity contribution in [2.24, 2.45) is 0 Å². The van der Waals surface area contributed by atoms with E-state index in [1.165, 1.54) is 0 Å². The van der Waals surface area contributed by atoms with Crippen LogP contribution in [0.1, 0.15) is 22.5 Å². The topological polar surface area (TPSA) is 92.3 Å². The smallest absolute Gasteiger partial charge is 0.129 e. The number of aliphatic hydroxyl groups excluding tert-OH is 2. The van der Waals surface area contributed by atoms with Crippen LogP contribution in [0.2, 0.25) is 5.15 Å². The van der Waals surface area contributed by atoms with E-state index in [0.717, 1.165) is 22.5 Å². The van der Waals surface area contributed by atoms with Gasteiger partial charge >= 0.3 is 0 Å². The Bertz CT molecular complexity index is 484. The largest absolute Gasteiger partial charge is 0.392 e. The minimum atomic E-state index is 0.0169. The number of hydrogen-bond donors (Lipinski definition) is 3. The second kappa shape index (κ2) is 7.79. The van der Waals surface area contributed by atoms with Gasteiger partial charge in [0.05, 0.1) is 13.2 Å². The number of pyridine rings is 2. The van der Waals surface area contributed by atoms with Crippen LogP contribution in [-0.2, 0) is 13.2 Å². The van der Waals surface area contributed by atoms with Gasteiger partial charge in [0, 0.05) is 11.4 Å². The summed E-state index contributed by atoms with van der Waals surface area (Å²) >= 11 is 5.61. The van der Waals surface area contributed by atoms with E-state index in [2.05, 4.69) is 9.97 Å². The first-order valence-corrected chi connectivity index (χ1v) is 6.40. The lowest BCUT2D eigenvalue weighted by atomic mass is 10.2. The average Bonchev–Trinajstić information content (AvgIpc) is 2.37. The molecule has 2 rings (SSSR count). The minimum Gasteiger partial charge on any atom is -0.392 e. The SMILES string of the molecule is Cc1cc(CO)cc(Cl)n1.Cc1cc(CO)cc(N)n1. The summed E-state index contributed by atoms with van der Waals surface area (Å²) in [6.07, 6.45) is 0. The summed E-state index contributed by atoms with van der Waals surface area (Å²) < 4.78 is 0. The summed E-state index contributed by atoms with van der Waals surface area (Å²) in [5, 5.41) is 17.8. The molecule has 0 fully saturated rings. The summed E-state index contributed by atoms with van der Waals surface area (Å²) in [6, 6.07) is 6.91. The summed E-state index contributed by atoms with van der Waals surface area (Å²) in [6.45, 7) is 3.72. The van der Waals surface area contributed by atoms with E-state index >= 15 is 0 Å². The molecule has 0 unspecified atom stereocenters. The molecule has 4 N–H and O–H groups in total. The molecule has 2 aromatic rings. The van der Waals surface area contributed by atoms with Crippen LogP contribution in [0, 0.1) is 13.8 Å². The summed E-state index contributed by atoms with van der Waals surface area (Å²) in [4.78, 5) is 7.89. The Labute approximate surface area is 123 Å². The van der Waals surface area contributed by atoms with Crippen molar-refractivity contribution in [1.29, 1.82) is 0 Å². The van der Waals surface area contributed by atoms with Crippen LogP contribution >= 0.6 is 11.6 Å². The Hall–Kier alpha value is -1.69. The second-order valence-electron chi connectivity index (χ2n) is 4.30. The van der Waals surface area contributed by atoms with Crippen LogP contribution in [0.25, 0.3) is 0 Å². The van der Waals surface area contributed by atoms with E-state index in [4.69, 9.17) is 27.5 Å². The van der Waals surface area contributed by atoms with Crippen molar-refractivity contribution >= 4 is 17.4 Å². The number of aromatic nitrogens is 2. The van der Waals surface area contributed by atoms with Crippen LogP contribution < -0.4 is 5.73 Å². The molecule has 0 atom stereocenters. The van der Waals surface area contributed by atoms with Gasteiger partial charge in [-0.25, -0.2) is 9.97 Å². The van der Waals surface area contributed by atoms with Gasteiger partial charge in [-0.15, -0.1) is 0 Å². The third kappa shape index (κ3) is 5.52. The fourth-order valence-corrected chi connectivity index (χ4v) is 1.92. The van der Waals surface area contributed by atoms with Crippen LogP contribution in [0.4, 0.5) is 5.82 Å². The molecule has 108 valence electrons. The van der Waals surface area contributed by atoms with E-state index in [-0.39, 0.29) is 13.2 Å². The minimum absolute atomic E-state index is 0.0169. The molecule has 0 saturated carbocycles. The van der Waals surface area contributed by atoms with Gasteiger partial charge in [0.15, 0.2) is 0 Å². The third-order valence-electron chi connectivity index (χ3n) is 2.38. The normalized spacial score (nSPS) is 9.85. The molecule has 0 radical (unpaired) electrons. The van der Waals surface area contributed by atoms with Crippen molar-refractivity contribution in [2.45, 2.75) is 27.1 Å². The fraction of sp³-hybridized carbons (Fsp3) is 0.286. The molecule has 2 heterocycles. The predicted octanol–water partition coefficient (Wildman–Crippen LogP) is 2.00. The monoisotopic (exact) mass is 295 g/mol. The number of nitrogens with two attached hydrogens (primary N) is 1. The van der Waals surface area contributed by atoms with Crippen LogP contribution in [0.15, 0.2) is 24.3 Å². The van der Waals surface area contributed by atoms with Gasteiger partial charge in [0.2, 0.25) is 0 Å². The summed E-state index contributed by atoms with van der Waals surface area (Å²) in [5.41, 5.74) is 8.69. The predicted molar refractivity (Wildman–Crippen MR) is 79.2 cm³/mol. The van der Waals surface area contributed by atoms with E-state index in [1.54, 1.807) is 24.3 Å². The number of aryl methyl sites for hydroxylation is 2. The van der Waals surface area contributed by atoms with Crippen molar-refractivity contribution in [1.82, 2.24) is 9.97 Å². The molecule has 6 heteroatoms. The fourth-order valence-electron chi connectivity index (χ4n) is 1.65. The first kappa shape index (κ1) is 16.4. The molecule has 2 aromatic heterocycles. The van der Waals surface area contributed by atoms with Crippen molar-refractivity contribution in [3.8, 4) is 0 Å². The van der Waals surface area contributed by atoms with E-state index < -0.39 is 0 Å². The quantitative estimate of drug-likeness (QED) is 0.737. The lowest BCUT2D eigenvalue weighted by Gasteiger charge is -1.98. The van der Waals surface area contributed by atoms with E-state index in [0.29, 0.717) is 11.0 Å². The third-order valence-corrected chi connectivity index (χ3v) is 2.57. The van der Waals surface area contributed by atoms with Gasteiger partial charge in [0.25, 0.3) is 0 Å². The van der Waals surface area contributed by atoms with Crippen molar-refractivity contribution in [3.05, 3.63) is 51.9 Å². The highest BCUT2D eigenvalue weighted by atomic mass is 35.5. The highest BCUT2D eigenvalue weighted by molar-refractivity contribution is 6.29. The molecule has 5 nitrogen and oxygen atoms in total. The zero-order chi connectivity index (χ0) is 15.1. The molecule has 0 spiro atoms. The van der Waals surface area contributed by atoms with Gasteiger partial charge in [-0.2, -0.15) is 0 Å². The van der Waals surface area contributed by atoms with Gasteiger partial charge < -0.3 is 15.9 Å². The Morgan fingerprint density at radius 3 is 1.90 bits per heavy atom. The molecule has 0 amide bonds.